The fourth-order valence-corrected chi connectivity index (χ4v) is 8.49. The Morgan fingerprint density at radius 3 is 1.31 bits per heavy atom. The Labute approximate surface area is 313 Å². The third kappa shape index (κ3) is 4.88. The quantitative estimate of drug-likeness (QED) is 0.171. The van der Waals surface area contributed by atoms with Crippen molar-refractivity contribution in [3.63, 3.8) is 0 Å². The minimum atomic E-state index is 1.16. The fraction of sp³-hybridized carbons (Fsp3) is 0. The van der Waals surface area contributed by atoms with Gasteiger partial charge >= 0.3 is 0 Å². The zero-order valence-corrected chi connectivity index (χ0v) is 29.5. The van der Waals surface area contributed by atoms with Gasteiger partial charge in [-0.1, -0.05) is 140 Å². The summed E-state index contributed by atoms with van der Waals surface area (Å²) in [5.41, 5.74) is 14.5. The van der Waals surface area contributed by atoms with Crippen molar-refractivity contribution in [1.29, 1.82) is 0 Å². The lowest BCUT2D eigenvalue weighted by atomic mass is 9.98. The highest BCUT2D eigenvalue weighted by molar-refractivity contribution is 6.11. The van der Waals surface area contributed by atoms with Crippen LogP contribution in [0.25, 0.3) is 99.1 Å². The molecular weight excluding hydrogens is 653 g/mol. The molecule has 0 unspecified atom stereocenters. The number of benzene rings is 9. The number of nitrogens with zero attached hydrogens (tertiary/aromatic N) is 2. The average molecular weight is 687 g/mol. The predicted octanol–water partition coefficient (Wildman–Crippen LogP) is 14.0. The lowest BCUT2D eigenvalue weighted by molar-refractivity contribution is 1.18. The SMILES string of the molecule is c1ccc(-n2c3ccccc3c3cc(-c4ccc(-c5ccc6c(c5)c5ccccc5n6-c5cccc(-c6ccc7ccccc7c6)c5)cc4)ccc32)cc1. The molecule has 9 aromatic carbocycles. The summed E-state index contributed by atoms with van der Waals surface area (Å²) in [5, 5.41) is 7.55. The van der Waals surface area contributed by atoms with E-state index in [1.54, 1.807) is 0 Å². The molecule has 0 radical (unpaired) electrons. The third-order valence-corrected chi connectivity index (χ3v) is 11.1. The van der Waals surface area contributed by atoms with Gasteiger partial charge in [0.1, 0.15) is 0 Å². The second kappa shape index (κ2) is 12.2. The molecule has 2 aromatic heterocycles. The van der Waals surface area contributed by atoms with E-state index in [4.69, 9.17) is 0 Å². The van der Waals surface area contributed by atoms with Crippen LogP contribution in [0, 0.1) is 0 Å². The van der Waals surface area contributed by atoms with Crippen LogP contribution in [0.15, 0.2) is 206 Å². The molecule has 0 amide bonds. The number of rotatable bonds is 5. The molecule has 0 aliphatic heterocycles. The third-order valence-electron chi connectivity index (χ3n) is 11.1. The van der Waals surface area contributed by atoms with E-state index in [0.29, 0.717) is 0 Å². The van der Waals surface area contributed by atoms with Crippen molar-refractivity contribution >= 4 is 54.4 Å². The molecule has 11 rings (SSSR count). The second-order valence-electron chi connectivity index (χ2n) is 14.2. The smallest absolute Gasteiger partial charge is 0.0541 e. The molecule has 0 saturated heterocycles. The summed E-state index contributed by atoms with van der Waals surface area (Å²) in [7, 11) is 0. The number of aromatic nitrogens is 2. The van der Waals surface area contributed by atoms with Crippen molar-refractivity contribution in [1.82, 2.24) is 9.13 Å². The van der Waals surface area contributed by atoms with Gasteiger partial charge in [0, 0.05) is 32.9 Å². The average Bonchev–Trinajstić information content (AvgIpc) is 3.76. The maximum absolute atomic E-state index is 2.41. The molecule has 0 aliphatic carbocycles. The van der Waals surface area contributed by atoms with Crippen LogP contribution in [0.2, 0.25) is 0 Å². The molecule has 54 heavy (non-hydrogen) atoms. The first-order chi connectivity index (χ1) is 26.8. The Morgan fingerprint density at radius 2 is 0.667 bits per heavy atom. The van der Waals surface area contributed by atoms with Crippen molar-refractivity contribution in [3.8, 4) is 44.8 Å². The van der Waals surface area contributed by atoms with Crippen molar-refractivity contribution in [2.75, 3.05) is 0 Å². The summed E-state index contributed by atoms with van der Waals surface area (Å²) < 4.78 is 4.78. The molecule has 0 saturated carbocycles. The maximum Gasteiger partial charge on any atom is 0.0541 e. The highest BCUT2D eigenvalue weighted by atomic mass is 15.0. The molecule has 0 bridgehead atoms. The molecule has 0 fully saturated rings. The second-order valence-corrected chi connectivity index (χ2v) is 14.2. The van der Waals surface area contributed by atoms with Gasteiger partial charge in [-0.3, -0.25) is 0 Å². The van der Waals surface area contributed by atoms with Gasteiger partial charge in [-0.25, -0.2) is 0 Å². The lowest BCUT2D eigenvalue weighted by Gasteiger charge is -2.11. The van der Waals surface area contributed by atoms with Gasteiger partial charge in [-0.05, 0) is 111 Å². The molecule has 11 aromatic rings. The number of hydrogen-bond acceptors (Lipinski definition) is 0. The molecular formula is C52H34N2. The van der Waals surface area contributed by atoms with E-state index >= 15 is 0 Å². The zero-order chi connectivity index (χ0) is 35.6. The van der Waals surface area contributed by atoms with Crippen LogP contribution in [0.1, 0.15) is 0 Å². The highest BCUT2D eigenvalue weighted by Crippen LogP contribution is 2.38. The van der Waals surface area contributed by atoms with Crippen LogP contribution in [-0.4, -0.2) is 9.13 Å². The lowest BCUT2D eigenvalue weighted by Crippen LogP contribution is -1.94. The van der Waals surface area contributed by atoms with Gasteiger partial charge in [-0.15, -0.1) is 0 Å². The molecule has 0 atom stereocenters. The standard InChI is InChI=1S/C52H34N2/c1-2-14-43(15-3-1)53-49-19-8-6-17-45(49)47-33-41(27-29-51(47)53)36-21-23-37(24-22-36)42-28-30-52-48(34-42)46-18-7-9-20-50(46)54(52)44-16-10-13-39(32-44)40-26-25-35-11-4-5-12-38(35)31-40/h1-34H. The van der Waals surface area contributed by atoms with Gasteiger partial charge in [0.2, 0.25) is 0 Å². The Morgan fingerprint density at radius 1 is 0.222 bits per heavy atom. The van der Waals surface area contributed by atoms with E-state index < -0.39 is 0 Å². The van der Waals surface area contributed by atoms with Crippen LogP contribution >= 0.6 is 0 Å². The highest BCUT2D eigenvalue weighted by Gasteiger charge is 2.16. The molecule has 0 spiro atoms. The molecule has 252 valence electrons. The fourth-order valence-electron chi connectivity index (χ4n) is 8.49. The summed E-state index contributed by atoms with van der Waals surface area (Å²) in [6.45, 7) is 0. The summed E-state index contributed by atoms with van der Waals surface area (Å²) in [5.74, 6) is 0. The van der Waals surface area contributed by atoms with Crippen molar-refractivity contribution in [2.45, 2.75) is 0 Å². The van der Waals surface area contributed by atoms with E-state index in [0.717, 1.165) is 5.69 Å². The monoisotopic (exact) mass is 686 g/mol. The van der Waals surface area contributed by atoms with Crippen LogP contribution < -0.4 is 0 Å². The molecule has 0 N–H and O–H groups in total. The van der Waals surface area contributed by atoms with E-state index in [9.17, 15) is 0 Å². The predicted molar refractivity (Wildman–Crippen MR) is 229 cm³/mol. The summed E-state index contributed by atoms with van der Waals surface area (Å²) in [6, 6.07) is 75.2. The van der Waals surface area contributed by atoms with Crippen LogP contribution in [0.3, 0.4) is 0 Å². The minimum absolute atomic E-state index is 1.16. The first kappa shape index (κ1) is 30.5. The van der Waals surface area contributed by atoms with Gasteiger partial charge in [0.05, 0.1) is 22.1 Å². The molecule has 0 aliphatic rings. The first-order valence-electron chi connectivity index (χ1n) is 18.6. The van der Waals surface area contributed by atoms with E-state index in [-0.39, 0.29) is 0 Å². The number of fused-ring (bicyclic) bond motifs is 7. The largest absolute Gasteiger partial charge is 0.309 e. The number of para-hydroxylation sites is 3. The van der Waals surface area contributed by atoms with E-state index in [1.165, 1.54) is 93.5 Å². The van der Waals surface area contributed by atoms with Crippen LogP contribution in [0.4, 0.5) is 0 Å². The normalized spacial score (nSPS) is 11.7. The Balaban J connectivity index is 0.967. The van der Waals surface area contributed by atoms with Crippen molar-refractivity contribution in [3.05, 3.63) is 206 Å². The number of hydrogen-bond donors (Lipinski definition) is 0. The minimum Gasteiger partial charge on any atom is -0.309 e. The Bertz CT molecular complexity index is 3200. The van der Waals surface area contributed by atoms with Gasteiger partial charge in [0.25, 0.3) is 0 Å². The van der Waals surface area contributed by atoms with Gasteiger partial charge in [0.15, 0.2) is 0 Å². The van der Waals surface area contributed by atoms with Crippen molar-refractivity contribution < 1.29 is 0 Å². The van der Waals surface area contributed by atoms with Crippen LogP contribution in [-0.2, 0) is 0 Å². The first-order valence-corrected chi connectivity index (χ1v) is 18.6. The zero-order valence-electron chi connectivity index (χ0n) is 29.5. The topological polar surface area (TPSA) is 9.86 Å². The molecule has 2 heteroatoms. The Hall–Kier alpha value is -7.16. The molecule has 2 nitrogen and oxygen atoms in total. The summed E-state index contributed by atoms with van der Waals surface area (Å²) >= 11 is 0. The molecule has 2 heterocycles. The summed E-state index contributed by atoms with van der Waals surface area (Å²) in [6.07, 6.45) is 0. The van der Waals surface area contributed by atoms with E-state index in [1.807, 2.05) is 0 Å². The van der Waals surface area contributed by atoms with Crippen molar-refractivity contribution in [2.24, 2.45) is 0 Å². The van der Waals surface area contributed by atoms with Crippen LogP contribution in [0.5, 0.6) is 0 Å². The maximum atomic E-state index is 2.41. The summed E-state index contributed by atoms with van der Waals surface area (Å²) in [4.78, 5) is 0. The Kier molecular flexibility index (Phi) is 6.90. The van der Waals surface area contributed by atoms with Gasteiger partial charge in [-0.2, -0.15) is 0 Å². The van der Waals surface area contributed by atoms with Gasteiger partial charge < -0.3 is 9.13 Å². The van der Waals surface area contributed by atoms with E-state index in [2.05, 4.69) is 215 Å².